The summed E-state index contributed by atoms with van der Waals surface area (Å²) in [5, 5.41) is 17.0. The molecule has 148 valence electrons. The van der Waals surface area contributed by atoms with Gasteiger partial charge in [-0.25, -0.2) is 0 Å². The van der Waals surface area contributed by atoms with Crippen molar-refractivity contribution < 1.29 is 4.79 Å². The van der Waals surface area contributed by atoms with Crippen LogP contribution in [0.3, 0.4) is 0 Å². The Labute approximate surface area is 190 Å². The molecule has 2 aromatic heterocycles. The molecular formula is C18H13Cl2N5OS3. The number of amides is 1. The summed E-state index contributed by atoms with van der Waals surface area (Å²) in [6.07, 6.45) is 3.21. The number of hydrogen-bond donors (Lipinski definition) is 1. The van der Waals surface area contributed by atoms with Gasteiger partial charge in [-0.3, -0.25) is 9.69 Å². The van der Waals surface area contributed by atoms with Crippen molar-refractivity contribution in [1.29, 1.82) is 0 Å². The maximum atomic E-state index is 12.7. The fourth-order valence-corrected chi connectivity index (χ4v) is 5.53. The van der Waals surface area contributed by atoms with E-state index in [4.69, 9.17) is 35.4 Å². The molecule has 1 amide bonds. The first-order valence-electron chi connectivity index (χ1n) is 8.53. The molecule has 11 heteroatoms. The number of halogens is 2. The fraction of sp³-hybridized carbons (Fsp3) is 0.167. The Morgan fingerprint density at radius 1 is 1.28 bits per heavy atom. The van der Waals surface area contributed by atoms with Gasteiger partial charge in [0.1, 0.15) is 4.32 Å². The summed E-state index contributed by atoms with van der Waals surface area (Å²) in [4.78, 5) is 15.9. The number of H-pyrrole nitrogens is 1. The number of carbonyl (C=O) groups excluding carboxylic acids is 1. The van der Waals surface area contributed by atoms with Crippen LogP contribution in [0.5, 0.6) is 0 Å². The minimum Gasteiger partial charge on any atom is -0.293 e. The molecule has 1 saturated heterocycles. The lowest BCUT2D eigenvalue weighted by Crippen LogP contribution is -2.29. The van der Waals surface area contributed by atoms with Gasteiger partial charge < -0.3 is 0 Å². The van der Waals surface area contributed by atoms with E-state index in [1.165, 1.54) is 11.8 Å². The summed E-state index contributed by atoms with van der Waals surface area (Å²) < 4.78 is 0.562. The maximum absolute atomic E-state index is 12.7. The van der Waals surface area contributed by atoms with E-state index in [2.05, 4.69) is 20.6 Å². The molecular weight excluding hydrogens is 469 g/mol. The van der Waals surface area contributed by atoms with Crippen molar-refractivity contribution in [2.24, 2.45) is 0 Å². The van der Waals surface area contributed by atoms with Crippen LogP contribution in [0.2, 0.25) is 10.0 Å². The highest BCUT2D eigenvalue weighted by molar-refractivity contribution is 8.26. The van der Waals surface area contributed by atoms with Crippen LogP contribution in [0.25, 0.3) is 17.2 Å². The zero-order valence-electron chi connectivity index (χ0n) is 14.8. The fourth-order valence-electron chi connectivity index (χ4n) is 2.80. The van der Waals surface area contributed by atoms with Crippen molar-refractivity contribution in [2.75, 3.05) is 6.54 Å². The summed E-state index contributed by atoms with van der Waals surface area (Å²) in [6.45, 7) is 0.520. The van der Waals surface area contributed by atoms with E-state index in [1.54, 1.807) is 28.4 Å². The zero-order chi connectivity index (χ0) is 20.4. The van der Waals surface area contributed by atoms with Gasteiger partial charge in [0, 0.05) is 33.5 Å². The number of aromatic nitrogens is 4. The molecule has 0 radical (unpaired) electrons. The second kappa shape index (κ2) is 8.93. The van der Waals surface area contributed by atoms with Crippen molar-refractivity contribution in [1.82, 2.24) is 25.5 Å². The molecule has 0 atom stereocenters. The van der Waals surface area contributed by atoms with Crippen LogP contribution >= 0.6 is 58.5 Å². The standard InChI is InChI=1S/C18H13Cl2N5OS3/c19-11-3-4-13(14(20)7-11)10-6-12(28-9-10)8-15-17(26)25(18(27)29-15)5-1-2-16-21-23-24-22-16/h3-4,6-9H,1-2,5H2,(H,21,22,23,24). The van der Waals surface area contributed by atoms with Crippen LogP contribution in [0.1, 0.15) is 17.1 Å². The van der Waals surface area contributed by atoms with E-state index in [0.29, 0.717) is 44.5 Å². The third-order valence-electron chi connectivity index (χ3n) is 4.18. The predicted octanol–water partition coefficient (Wildman–Crippen LogP) is 5.07. The molecule has 6 nitrogen and oxygen atoms in total. The van der Waals surface area contributed by atoms with Crippen LogP contribution in [0.15, 0.2) is 34.6 Å². The molecule has 1 aliphatic rings. The van der Waals surface area contributed by atoms with E-state index in [1.807, 2.05) is 23.6 Å². The van der Waals surface area contributed by atoms with Crippen molar-refractivity contribution >= 4 is 74.8 Å². The van der Waals surface area contributed by atoms with Crippen LogP contribution in [-0.2, 0) is 11.2 Å². The molecule has 3 heterocycles. The number of thioether (sulfide) groups is 1. The van der Waals surface area contributed by atoms with Crippen molar-refractivity contribution in [3.05, 3.63) is 55.3 Å². The molecule has 3 aromatic rings. The Hall–Kier alpha value is -1.78. The summed E-state index contributed by atoms with van der Waals surface area (Å²) in [5.41, 5.74) is 1.89. The van der Waals surface area contributed by atoms with Gasteiger partial charge in [0.2, 0.25) is 0 Å². The highest BCUT2D eigenvalue weighted by Crippen LogP contribution is 2.37. The van der Waals surface area contributed by atoms with E-state index < -0.39 is 0 Å². The molecule has 0 saturated carbocycles. The maximum Gasteiger partial charge on any atom is 0.266 e. The van der Waals surface area contributed by atoms with E-state index in [9.17, 15) is 4.79 Å². The number of hydrogen-bond acceptors (Lipinski definition) is 7. The van der Waals surface area contributed by atoms with E-state index in [-0.39, 0.29) is 5.91 Å². The third-order valence-corrected chi connectivity index (χ3v) is 6.99. The summed E-state index contributed by atoms with van der Waals surface area (Å²) >= 11 is 20.5. The van der Waals surface area contributed by atoms with E-state index in [0.717, 1.165) is 16.0 Å². The van der Waals surface area contributed by atoms with Gasteiger partial charge in [0.05, 0.1) is 4.91 Å². The smallest absolute Gasteiger partial charge is 0.266 e. The first kappa shape index (κ1) is 20.5. The highest BCUT2D eigenvalue weighted by atomic mass is 35.5. The third kappa shape index (κ3) is 4.70. The second-order valence-electron chi connectivity index (χ2n) is 6.13. The summed E-state index contributed by atoms with van der Waals surface area (Å²) in [7, 11) is 0. The molecule has 1 aliphatic heterocycles. The Morgan fingerprint density at radius 2 is 2.14 bits per heavy atom. The topological polar surface area (TPSA) is 74.8 Å². The number of aromatic amines is 1. The zero-order valence-corrected chi connectivity index (χ0v) is 18.7. The number of aryl methyl sites for hydroxylation is 1. The molecule has 0 aliphatic carbocycles. The SMILES string of the molecule is O=C1C(=Cc2cc(-c3ccc(Cl)cc3Cl)cs2)SC(=S)N1CCCc1nn[nH]n1. The van der Waals surface area contributed by atoms with Crippen LogP contribution in [-0.4, -0.2) is 42.3 Å². The van der Waals surface area contributed by atoms with Gasteiger partial charge in [-0.1, -0.05) is 58.5 Å². The number of thiophene rings is 1. The van der Waals surface area contributed by atoms with Gasteiger partial charge >= 0.3 is 0 Å². The molecule has 0 spiro atoms. The predicted molar refractivity (Wildman–Crippen MR) is 122 cm³/mol. The minimum absolute atomic E-state index is 0.0763. The Bertz CT molecular complexity index is 1100. The lowest BCUT2D eigenvalue weighted by Gasteiger charge is -2.13. The summed E-state index contributed by atoms with van der Waals surface area (Å²) in [6, 6.07) is 7.41. The molecule has 1 fully saturated rings. The number of rotatable bonds is 6. The minimum atomic E-state index is -0.0763. The molecule has 0 bridgehead atoms. The lowest BCUT2D eigenvalue weighted by atomic mass is 10.1. The Balaban J connectivity index is 1.45. The molecule has 29 heavy (non-hydrogen) atoms. The Kier molecular flexibility index (Phi) is 6.31. The second-order valence-corrected chi connectivity index (χ2v) is 9.59. The molecule has 1 N–H and O–H groups in total. The van der Waals surface area contributed by atoms with Gasteiger partial charge in [0.25, 0.3) is 5.91 Å². The number of nitrogens with zero attached hydrogens (tertiary/aromatic N) is 4. The van der Waals surface area contributed by atoms with Gasteiger partial charge in [-0.2, -0.15) is 5.21 Å². The van der Waals surface area contributed by atoms with E-state index >= 15 is 0 Å². The normalized spacial score (nSPS) is 15.7. The van der Waals surface area contributed by atoms with Gasteiger partial charge in [-0.15, -0.1) is 21.5 Å². The number of nitrogens with one attached hydrogen (secondary N) is 1. The first-order valence-corrected chi connectivity index (χ1v) is 11.4. The Morgan fingerprint density at radius 3 is 2.90 bits per heavy atom. The van der Waals surface area contributed by atoms with Crippen LogP contribution in [0.4, 0.5) is 0 Å². The highest BCUT2D eigenvalue weighted by Gasteiger charge is 2.31. The number of thiocarbonyl (C=S) groups is 1. The van der Waals surface area contributed by atoms with Crippen LogP contribution in [0, 0.1) is 0 Å². The molecule has 1 aromatic carbocycles. The number of benzene rings is 1. The van der Waals surface area contributed by atoms with Gasteiger partial charge in [-0.05, 0) is 41.6 Å². The van der Waals surface area contributed by atoms with Crippen LogP contribution < -0.4 is 0 Å². The van der Waals surface area contributed by atoms with Gasteiger partial charge in [0.15, 0.2) is 5.82 Å². The average Bonchev–Trinajstić information content (AvgIpc) is 3.40. The van der Waals surface area contributed by atoms with Crippen molar-refractivity contribution in [3.8, 4) is 11.1 Å². The lowest BCUT2D eigenvalue weighted by molar-refractivity contribution is -0.122. The first-order chi connectivity index (χ1) is 14.0. The molecule has 4 rings (SSSR count). The monoisotopic (exact) mass is 481 g/mol. The number of tetrazole rings is 1. The average molecular weight is 482 g/mol. The molecule has 0 unspecified atom stereocenters. The summed E-state index contributed by atoms with van der Waals surface area (Å²) in [5.74, 6) is 0.547. The van der Waals surface area contributed by atoms with Crippen molar-refractivity contribution in [2.45, 2.75) is 12.8 Å². The quantitative estimate of drug-likeness (QED) is 0.391. The number of carbonyl (C=O) groups is 1. The van der Waals surface area contributed by atoms with Crippen molar-refractivity contribution in [3.63, 3.8) is 0 Å². The largest absolute Gasteiger partial charge is 0.293 e.